The van der Waals surface area contributed by atoms with Crippen LogP contribution in [-0.4, -0.2) is 32.1 Å². The van der Waals surface area contributed by atoms with E-state index in [2.05, 4.69) is 4.72 Å². The van der Waals surface area contributed by atoms with Crippen molar-refractivity contribution in [2.24, 2.45) is 5.73 Å². The number of halogens is 1. The van der Waals surface area contributed by atoms with Gasteiger partial charge in [0.2, 0.25) is 10.0 Å². The van der Waals surface area contributed by atoms with Gasteiger partial charge in [-0.15, -0.1) is 12.4 Å². The minimum absolute atomic E-state index is 0. The third-order valence-corrected chi connectivity index (χ3v) is 3.36. The summed E-state index contributed by atoms with van der Waals surface area (Å²) in [7, 11) is -3.56. The molecular weight excluding hydrogens is 280 g/mol. The van der Waals surface area contributed by atoms with Gasteiger partial charge in [-0.3, -0.25) is 4.79 Å². The van der Waals surface area contributed by atoms with E-state index in [1.807, 2.05) is 0 Å². The summed E-state index contributed by atoms with van der Waals surface area (Å²) in [5, 5.41) is 8.51. The molecule has 1 atom stereocenters. The van der Waals surface area contributed by atoms with Crippen LogP contribution >= 0.6 is 12.4 Å². The van der Waals surface area contributed by atoms with Crippen LogP contribution in [0.15, 0.2) is 30.3 Å². The van der Waals surface area contributed by atoms with Gasteiger partial charge in [-0.05, 0) is 5.56 Å². The van der Waals surface area contributed by atoms with E-state index in [0.29, 0.717) is 5.56 Å². The van der Waals surface area contributed by atoms with Gasteiger partial charge in [-0.25, -0.2) is 13.1 Å². The molecule has 0 amide bonds. The van der Waals surface area contributed by atoms with Crippen molar-refractivity contribution in [3.63, 3.8) is 0 Å². The van der Waals surface area contributed by atoms with Gasteiger partial charge < -0.3 is 10.8 Å². The third-order valence-electron chi connectivity index (χ3n) is 2.04. The van der Waals surface area contributed by atoms with Crippen molar-refractivity contribution in [2.45, 2.75) is 11.8 Å². The molecule has 0 saturated heterocycles. The van der Waals surface area contributed by atoms with Crippen molar-refractivity contribution in [3.8, 4) is 0 Å². The molecule has 1 aromatic carbocycles. The lowest BCUT2D eigenvalue weighted by Gasteiger charge is -2.09. The Balaban J connectivity index is 0.00000289. The number of aliphatic carboxylic acids is 1. The van der Waals surface area contributed by atoms with Crippen LogP contribution < -0.4 is 10.5 Å². The topological polar surface area (TPSA) is 109 Å². The third kappa shape index (κ3) is 5.97. The maximum Gasteiger partial charge on any atom is 0.321 e. The van der Waals surface area contributed by atoms with E-state index in [1.54, 1.807) is 30.3 Å². The normalized spacial score (nSPS) is 12.5. The summed E-state index contributed by atoms with van der Waals surface area (Å²) in [5.41, 5.74) is 5.82. The molecule has 0 spiro atoms. The molecule has 0 aromatic heterocycles. The first-order chi connectivity index (χ1) is 7.91. The highest BCUT2D eigenvalue weighted by Gasteiger charge is 2.16. The molecule has 8 heteroatoms. The number of nitrogens with two attached hydrogens (primary N) is 1. The van der Waals surface area contributed by atoms with Crippen LogP contribution in [0.2, 0.25) is 0 Å². The van der Waals surface area contributed by atoms with Gasteiger partial charge in [-0.1, -0.05) is 30.3 Å². The summed E-state index contributed by atoms with van der Waals surface area (Å²) in [6.45, 7) is -0.315. The second kappa shape index (κ2) is 7.32. The Morgan fingerprint density at radius 1 is 1.33 bits per heavy atom. The second-order valence-corrected chi connectivity index (χ2v) is 5.34. The Kier molecular flexibility index (Phi) is 6.85. The summed E-state index contributed by atoms with van der Waals surface area (Å²) >= 11 is 0. The fourth-order valence-corrected chi connectivity index (χ4v) is 2.32. The number of carboxylic acids is 1. The number of rotatable bonds is 6. The monoisotopic (exact) mass is 294 g/mol. The second-order valence-electron chi connectivity index (χ2n) is 3.54. The summed E-state index contributed by atoms with van der Waals surface area (Å²) < 4.78 is 25.3. The molecule has 1 unspecified atom stereocenters. The van der Waals surface area contributed by atoms with Crippen LogP contribution in [0.1, 0.15) is 5.56 Å². The van der Waals surface area contributed by atoms with Gasteiger partial charge in [0.25, 0.3) is 0 Å². The number of carbonyl (C=O) groups is 1. The maximum atomic E-state index is 11.6. The molecule has 0 heterocycles. The number of carboxylic acid groups (broad SMARTS) is 1. The number of hydrogen-bond acceptors (Lipinski definition) is 4. The predicted molar refractivity (Wildman–Crippen MR) is 69.9 cm³/mol. The summed E-state index contributed by atoms with van der Waals surface area (Å²) in [6.07, 6.45) is 0. The molecule has 0 aliphatic carbocycles. The minimum Gasteiger partial charge on any atom is -0.480 e. The van der Waals surface area contributed by atoms with Crippen molar-refractivity contribution >= 4 is 28.4 Å². The lowest BCUT2D eigenvalue weighted by atomic mass is 10.2. The molecule has 4 N–H and O–H groups in total. The molecule has 6 nitrogen and oxygen atoms in total. The Morgan fingerprint density at radius 3 is 2.39 bits per heavy atom. The van der Waals surface area contributed by atoms with Gasteiger partial charge >= 0.3 is 5.97 Å². The highest BCUT2D eigenvalue weighted by atomic mass is 35.5. The van der Waals surface area contributed by atoms with E-state index in [9.17, 15) is 13.2 Å². The van der Waals surface area contributed by atoms with Gasteiger partial charge in [0, 0.05) is 6.54 Å². The average molecular weight is 295 g/mol. The van der Waals surface area contributed by atoms with Crippen LogP contribution in [0, 0.1) is 0 Å². The maximum absolute atomic E-state index is 11.6. The molecule has 1 rings (SSSR count). The first-order valence-corrected chi connectivity index (χ1v) is 6.55. The first-order valence-electron chi connectivity index (χ1n) is 4.90. The lowest BCUT2D eigenvalue weighted by Crippen LogP contribution is -2.42. The summed E-state index contributed by atoms with van der Waals surface area (Å²) in [6, 6.07) is 7.36. The molecule has 0 aliphatic heterocycles. The van der Waals surface area contributed by atoms with Gasteiger partial charge in [0.05, 0.1) is 5.75 Å². The predicted octanol–water partition coefficient (Wildman–Crippen LogP) is -0.0603. The highest BCUT2D eigenvalue weighted by molar-refractivity contribution is 7.88. The Bertz CT molecular complexity index is 478. The zero-order valence-corrected chi connectivity index (χ0v) is 11.1. The van der Waals surface area contributed by atoms with Gasteiger partial charge in [-0.2, -0.15) is 0 Å². The van der Waals surface area contributed by atoms with Crippen molar-refractivity contribution in [2.75, 3.05) is 6.54 Å². The zero-order valence-electron chi connectivity index (χ0n) is 9.44. The summed E-state index contributed by atoms with van der Waals surface area (Å²) in [4.78, 5) is 10.4. The number of nitrogens with one attached hydrogen (secondary N) is 1. The fourth-order valence-electron chi connectivity index (χ4n) is 1.15. The van der Waals surface area contributed by atoms with Crippen molar-refractivity contribution in [1.29, 1.82) is 0 Å². The molecular formula is C10H15ClN2O4S. The van der Waals surface area contributed by atoms with E-state index < -0.39 is 22.0 Å². The largest absolute Gasteiger partial charge is 0.480 e. The smallest absolute Gasteiger partial charge is 0.321 e. The number of sulfonamides is 1. The van der Waals surface area contributed by atoms with Gasteiger partial charge in [0.1, 0.15) is 6.04 Å². The SMILES string of the molecule is Cl.NC(CNS(=O)(=O)Cc1ccccc1)C(=O)O. The molecule has 102 valence electrons. The standard InChI is InChI=1S/C10H14N2O4S.ClH/c11-9(10(13)14)6-12-17(15,16)7-8-4-2-1-3-5-8;/h1-5,9,12H,6-7,11H2,(H,13,14);1H. The van der Waals surface area contributed by atoms with Crippen molar-refractivity contribution < 1.29 is 18.3 Å². The van der Waals surface area contributed by atoms with E-state index in [0.717, 1.165) is 0 Å². The first kappa shape index (κ1) is 16.9. The van der Waals surface area contributed by atoms with Crippen LogP contribution in [0.4, 0.5) is 0 Å². The van der Waals surface area contributed by atoms with E-state index in [4.69, 9.17) is 10.8 Å². The number of benzene rings is 1. The molecule has 0 fully saturated rings. The molecule has 0 radical (unpaired) electrons. The van der Waals surface area contributed by atoms with E-state index >= 15 is 0 Å². The lowest BCUT2D eigenvalue weighted by molar-refractivity contribution is -0.138. The van der Waals surface area contributed by atoms with Gasteiger partial charge in [0.15, 0.2) is 0 Å². The van der Waals surface area contributed by atoms with Crippen LogP contribution in [-0.2, 0) is 20.6 Å². The molecule has 0 saturated carbocycles. The molecule has 18 heavy (non-hydrogen) atoms. The van der Waals surface area contributed by atoms with E-state index in [1.165, 1.54) is 0 Å². The number of hydrogen-bond donors (Lipinski definition) is 3. The van der Waals surface area contributed by atoms with Crippen molar-refractivity contribution in [1.82, 2.24) is 4.72 Å². The van der Waals surface area contributed by atoms with Crippen LogP contribution in [0.3, 0.4) is 0 Å². The Labute approximate surface area is 112 Å². The Hall–Kier alpha value is -1.15. The highest BCUT2D eigenvalue weighted by Crippen LogP contribution is 2.03. The fraction of sp³-hybridized carbons (Fsp3) is 0.300. The summed E-state index contributed by atoms with van der Waals surface area (Å²) in [5.74, 6) is -1.44. The van der Waals surface area contributed by atoms with Crippen LogP contribution in [0.25, 0.3) is 0 Å². The molecule has 0 bridgehead atoms. The van der Waals surface area contributed by atoms with Crippen LogP contribution in [0.5, 0.6) is 0 Å². The quantitative estimate of drug-likeness (QED) is 0.681. The van der Waals surface area contributed by atoms with Crippen molar-refractivity contribution in [3.05, 3.63) is 35.9 Å². The minimum atomic E-state index is -3.56. The zero-order chi connectivity index (χ0) is 12.9. The van der Waals surface area contributed by atoms with E-state index in [-0.39, 0.29) is 24.7 Å². The Morgan fingerprint density at radius 2 is 1.89 bits per heavy atom. The average Bonchev–Trinajstić information content (AvgIpc) is 2.26. The molecule has 0 aliphatic rings. The molecule has 1 aromatic rings.